The Morgan fingerprint density at radius 2 is 1.97 bits per heavy atom. The zero-order valence-corrected chi connectivity index (χ0v) is 17.2. The number of piperidine rings is 1. The van der Waals surface area contributed by atoms with Gasteiger partial charge < -0.3 is 19.7 Å². The highest BCUT2D eigenvalue weighted by atomic mass is 19.1. The van der Waals surface area contributed by atoms with Crippen LogP contribution in [-0.4, -0.2) is 40.3 Å². The lowest BCUT2D eigenvalue weighted by molar-refractivity contribution is 0.0494. The second kappa shape index (κ2) is 8.63. The van der Waals surface area contributed by atoms with Crippen LogP contribution in [0.3, 0.4) is 0 Å². The Hall–Kier alpha value is -2.90. The zero-order chi connectivity index (χ0) is 21.0. The maximum atomic E-state index is 13.0. The third-order valence-corrected chi connectivity index (χ3v) is 4.51. The number of aromatic nitrogens is 2. The lowest BCUT2D eigenvalue weighted by Gasteiger charge is -2.38. The van der Waals surface area contributed by atoms with Gasteiger partial charge in [-0.1, -0.05) is 0 Å². The Labute approximate surface area is 170 Å². The van der Waals surface area contributed by atoms with Crippen LogP contribution in [0.25, 0.3) is 0 Å². The van der Waals surface area contributed by atoms with Crippen LogP contribution in [0.2, 0.25) is 0 Å². The number of ether oxygens (including phenoxy) is 2. The molecule has 1 aliphatic rings. The number of benzene rings is 1. The number of carbonyl (C=O) groups is 1. The summed E-state index contributed by atoms with van der Waals surface area (Å²) in [6, 6.07) is 7.60. The summed E-state index contributed by atoms with van der Waals surface area (Å²) in [5, 5.41) is 2.94. The molecule has 0 spiro atoms. The normalized spacial score (nSPS) is 19.6. The van der Waals surface area contributed by atoms with E-state index in [2.05, 4.69) is 27.1 Å². The Balaban J connectivity index is 1.60. The highest BCUT2D eigenvalue weighted by Crippen LogP contribution is 2.25. The molecule has 0 aliphatic carbocycles. The van der Waals surface area contributed by atoms with Crippen molar-refractivity contribution in [1.82, 2.24) is 15.3 Å². The van der Waals surface area contributed by atoms with E-state index in [1.165, 1.54) is 12.1 Å². The average Bonchev–Trinajstić information content (AvgIpc) is 2.62. The summed E-state index contributed by atoms with van der Waals surface area (Å²) in [6.45, 7) is 8.30. The quantitative estimate of drug-likeness (QED) is 0.822. The van der Waals surface area contributed by atoms with Gasteiger partial charge in [0.15, 0.2) is 0 Å². The summed E-state index contributed by atoms with van der Waals surface area (Å²) >= 11 is 0. The number of nitrogens with one attached hydrogen (secondary N) is 1. The molecule has 7 nitrogen and oxygen atoms in total. The van der Waals surface area contributed by atoms with E-state index in [9.17, 15) is 9.18 Å². The number of anilines is 1. The van der Waals surface area contributed by atoms with Crippen molar-refractivity contribution in [3.05, 3.63) is 42.3 Å². The van der Waals surface area contributed by atoms with Crippen molar-refractivity contribution in [3.8, 4) is 11.6 Å². The molecule has 1 saturated heterocycles. The molecular formula is C21H27FN4O3. The molecule has 0 saturated carbocycles. The predicted octanol–water partition coefficient (Wildman–Crippen LogP) is 4.29. The summed E-state index contributed by atoms with van der Waals surface area (Å²) in [4.78, 5) is 23.0. The fourth-order valence-electron chi connectivity index (χ4n) is 3.23. The molecule has 1 aliphatic heterocycles. The lowest BCUT2D eigenvalue weighted by Crippen LogP contribution is -2.50. The Bertz CT molecular complexity index is 839. The van der Waals surface area contributed by atoms with Crippen LogP contribution in [0.1, 0.15) is 40.5 Å². The van der Waals surface area contributed by atoms with Gasteiger partial charge in [-0.25, -0.2) is 14.2 Å². The molecule has 1 N–H and O–H groups in total. The largest absolute Gasteiger partial charge is 0.444 e. The van der Waals surface area contributed by atoms with Crippen molar-refractivity contribution in [2.75, 3.05) is 11.4 Å². The van der Waals surface area contributed by atoms with Gasteiger partial charge in [-0.05, 0) is 64.8 Å². The molecule has 1 amide bonds. The van der Waals surface area contributed by atoms with Crippen molar-refractivity contribution in [2.24, 2.45) is 0 Å². The van der Waals surface area contributed by atoms with Gasteiger partial charge >= 0.3 is 6.09 Å². The highest BCUT2D eigenvalue weighted by Gasteiger charge is 2.29. The maximum Gasteiger partial charge on any atom is 0.407 e. The van der Waals surface area contributed by atoms with Gasteiger partial charge in [-0.15, -0.1) is 0 Å². The molecule has 2 unspecified atom stereocenters. The first-order valence-corrected chi connectivity index (χ1v) is 9.72. The molecule has 8 heteroatoms. The molecule has 1 aromatic heterocycles. The van der Waals surface area contributed by atoms with Gasteiger partial charge in [0.2, 0.25) is 11.8 Å². The van der Waals surface area contributed by atoms with E-state index < -0.39 is 11.7 Å². The predicted molar refractivity (Wildman–Crippen MR) is 108 cm³/mol. The average molecular weight is 402 g/mol. The van der Waals surface area contributed by atoms with Crippen LogP contribution in [0.15, 0.2) is 36.5 Å². The molecule has 2 aromatic rings. The fraction of sp³-hybridized carbons (Fsp3) is 0.476. The third-order valence-electron chi connectivity index (χ3n) is 4.51. The zero-order valence-electron chi connectivity index (χ0n) is 17.2. The van der Waals surface area contributed by atoms with Crippen LogP contribution < -0.4 is 15.0 Å². The van der Waals surface area contributed by atoms with Crippen molar-refractivity contribution in [1.29, 1.82) is 0 Å². The molecular weight excluding hydrogens is 375 g/mol. The van der Waals surface area contributed by atoms with Crippen LogP contribution in [-0.2, 0) is 4.74 Å². The second-order valence-corrected chi connectivity index (χ2v) is 8.16. The van der Waals surface area contributed by atoms with E-state index in [0.29, 0.717) is 24.1 Å². The second-order valence-electron chi connectivity index (χ2n) is 8.16. The van der Waals surface area contributed by atoms with Gasteiger partial charge in [0, 0.05) is 30.9 Å². The molecule has 1 aromatic carbocycles. The van der Waals surface area contributed by atoms with E-state index in [0.717, 1.165) is 12.8 Å². The van der Waals surface area contributed by atoms with Crippen molar-refractivity contribution in [2.45, 2.75) is 58.2 Å². The number of hydrogen-bond acceptors (Lipinski definition) is 6. The third kappa shape index (κ3) is 6.04. The maximum absolute atomic E-state index is 13.0. The molecule has 0 radical (unpaired) electrons. The topological polar surface area (TPSA) is 76.6 Å². The minimum absolute atomic E-state index is 0.0368. The first-order chi connectivity index (χ1) is 13.7. The van der Waals surface area contributed by atoms with Gasteiger partial charge in [0.25, 0.3) is 0 Å². The number of carbonyl (C=O) groups excluding carboxylic acids is 1. The van der Waals surface area contributed by atoms with E-state index in [4.69, 9.17) is 9.47 Å². The molecule has 29 heavy (non-hydrogen) atoms. The monoisotopic (exact) mass is 402 g/mol. The summed E-state index contributed by atoms with van der Waals surface area (Å²) in [5.74, 6) is 1.14. The standard InChI is InChI=1S/C21H27FN4O3/c1-14-13-16(24-20(27)29-21(2,3)4)10-12-26(14)19-23-11-9-18(25-19)28-17-7-5-15(22)6-8-17/h5-9,11,14,16H,10,12-13H2,1-4H3,(H,24,27). The summed E-state index contributed by atoms with van der Waals surface area (Å²) in [5.41, 5.74) is -0.519. The van der Waals surface area contributed by atoms with Crippen LogP contribution in [0.5, 0.6) is 11.6 Å². The summed E-state index contributed by atoms with van der Waals surface area (Å²) in [7, 11) is 0. The number of amides is 1. The van der Waals surface area contributed by atoms with E-state index in [1.54, 1.807) is 24.4 Å². The summed E-state index contributed by atoms with van der Waals surface area (Å²) in [6.07, 6.45) is 2.76. The van der Waals surface area contributed by atoms with Crippen molar-refractivity contribution >= 4 is 12.0 Å². The first-order valence-electron chi connectivity index (χ1n) is 9.72. The fourth-order valence-corrected chi connectivity index (χ4v) is 3.23. The minimum atomic E-state index is -0.519. The Morgan fingerprint density at radius 1 is 1.24 bits per heavy atom. The van der Waals surface area contributed by atoms with E-state index in [-0.39, 0.29) is 17.9 Å². The SMILES string of the molecule is CC1CC(NC(=O)OC(C)(C)C)CCN1c1nccc(Oc2ccc(F)cc2)n1. The molecule has 2 atom stereocenters. The first kappa shape index (κ1) is 20.8. The Kier molecular flexibility index (Phi) is 6.20. The van der Waals surface area contributed by atoms with Crippen molar-refractivity contribution < 1.29 is 18.7 Å². The smallest absolute Gasteiger partial charge is 0.407 e. The van der Waals surface area contributed by atoms with Crippen LogP contribution in [0, 0.1) is 5.82 Å². The molecule has 2 heterocycles. The van der Waals surface area contributed by atoms with Crippen LogP contribution in [0.4, 0.5) is 15.1 Å². The molecule has 0 bridgehead atoms. The molecule has 156 valence electrons. The number of alkyl carbamates (subject to hydrolysis) is 1. The van der Waals surface area contributed by atoms with Gasteiger partial charge in [-0.2, -0.15) is 4.98 Å². The number of nitrogens with zero attached hydrogens (tertiary/aromatic N) is 3. The van der Waals surface area contributed by atoms with E-state index >= 15 is 0 Å². The highest BCUT2D eigenvalue weighted by molar-refractivity contribution is 5.68. The Morgan fingerprint density at radius 3 is 2.62 bits per heavy atom. The molecule has 1 fully saturated rings. The number of rotatable bonds is 4. The molecule has 3 rings (SSSR count). The van der Waals surface area contributed by atoms with Gasteiger partial charge in [0.05, 0.1) is 0 Å². The van der Waals surface area contributed by atoms with Gasteiger partial charge in [-0.3, -0.25) is 0 Å². The van der Waals surface area contributed by atoms with E-state index in [1.807, 2.05) is 20.8 Å². The number of halogens is 1. The van der Waals surface area contributed by atoms with Crippen molar-refractivity contribution in [3.63, 3.8) is 0 Å². The minimum Gasteiger partial charge on any atom is -0.444 e. The lowest BCUT2D eigenvalue weighted by atomic mass is 9.99. The summed E-state index contributed by atoms with van der Waals surface area (Å²) < 4.78 is 24.1. The number of hydrogen-bond donors (Lipinski definition) is 1. The van der Waals surface area contributed by atoms with Gasteiger partial charge in [0.1, 0.15) is 17.2 Å². The van der Waals surface area contributed by atoms with Crippen LogP contribution >= 0.6 is 0 Å².